The molecule has 4 nitrogen and oxygen atoms in total. The van der Waals surface area contributed by atoms with Crippen LogP contribution in [0.3, 0.4) is 0 Å². The first-order valence-corrected chi connectivity index (χ1v) is 9.89. The van der Waals surface area contributed by atoms with Crippen molar-refractivity contribution in [3.05, 3.63) is 0 Å². The summed E-state index contributed by atoms with van der Waals surface area (Å²) < 4.78 is 5.37. The monoisotopic (exact) mass is 330 g/mol. The van der Waals surface area contributed by atoms with Gasteiger partial charge in [-0.15, -0.1) is 0 Å². The van der Waals surface area contributed by atoms with E-state index >= 15 is 0 Å². The molecule has 1 amide bonds. The Balaban J connectivity index is 2.56. The molecule has 1 aliphatic rings. The van der Waals surface area contributed by atoms with Gasteiger partial charge < -0.3 is 15.4 Å². The third kappa shape index (κ3) is 6.78. The van der Waals surface area contributed by atoms with Crippen LogP contribution in [0.5, 0.6) is 0 Å². The van der Waals surface area contributed by atoms with Crippen molar-refractivity contribution >= 4 is 17.9 Å². The molecular formula is C17H34N2O2S. The molecule has 0 aliphatic heterocycles. The second-order valence-corrected chi connectivity index (χ2v) is 8.42. The van der Waals surface area contributed by atoms with E-state index in [2.05, 4.69) is 23.8 Å². The van der Waals surface area contributed by atoms with Crippen LogP contribution in [0.4, 0.5) is 4.79 Å². The van der Waals surface area contributed by atoms with Gasteiger partial charge in [-0.3, -0.25) is 0 Å². The maximum Gasteiger partial charge on any atom is 0.407 e. The molecule has 0 aromatic heterocycles. The van der Waals surface area contributed by atoms with E-state index < -0.39 is 5.60 Å². The smallest absolute Gasteiger partial charge is 0.407 e. The van der Waals surface area contributed by atoms with Gasteiger partial charge in [0.05, 0.1) is 0 Å². The number of carbonyl (C=O) groups excluding carboxylic acids is 1. The first-order chi connectivity index (χ1) is 10.3. The Bertz CT molecular complexity index is 344. The lowest BCUT2D eigenvalue weighted by Crippen LogP contribution is -2.59. The average molecular weight is 331 g/mol. The Hall–Kier alpha value is -0.420. The predicted molar refractivity (Wildman–Crippen MR) is 95.6 cm³/mol. The van der Waals surface area contributed by atoms with Crippen LogP contribution in [0, 0.1) is 5.92 Å². The van der Waals surface area contributed by atoms with Crippen LogP contribution in [0.25, 0.3) is 0 Å². The molecule has 0 bridgehead atoms. The number of alkyl carbamates (subject to hydrolysis) is 1. The van der Waals surface area contributed by atoms with Gasteiger partial charge in [-0.1, -0.05) is 19.8 Å². The van der Waals surface area contributed by atoms with Gasteiger partial charge in [0.2, 0.25) is 0 Å². The van der Waals surface area contributed by atoms with E-state index in [1.807, 2.05) is 32.5 Å². The molecule has 1 rings (SSSR count). The topological polar surface area (TPSA) is 50.4 Å². The molecule has 5 heteroatoms. The number of nitrogens with one attached hydrogen (secondary N) is 2. The molecule has 2 atom stereocenters. The highest BCUT2D eigenvalue weighted by Gasteiger charge is 2.38. The standard InChI is InChI=1S/C17H34N2O2S/c1-14-9-6-7-10-17(14,19-11-8-12-22-5)13-18-15(20)21-16(2,3)4/h14,19H,6-13H2,1-5H3,(H,18,20). The van der Waals surface area contributed by atoms with Crippen LogP contribution in [-0.4, -0.2) is 42.3 Å². The number of hydrogen-bond donors (Lipinski definition) is 2. The summed E-state index contributed by atoms with van der Waals surface area (Å²) in [4.78, 5) is 12.0. The molecule has 0 saturated heterocycles. The molecule has 0 aromatic rings. The molecule has 0 radical (unpaired) electrons. The molecule has 0 aromatic carbocycles. The van der Waals surface area contributed by atoms with E-state index in [9.17, 15) is 4.79 Å². The summed E-state index contributed by atoms with van der Waals surface area (Å²) >= 11 is 1.88. The summed E-state index contributed by atoms with van der Waals surface area (Å²) in [6.07, 6.45) is 7.88. The van der Waals surface area contributed by atoms with Crippen LogP contribution in [0.15, 0.2) is 0 Å². The fourth-order valence-electron chi connectivity index (χ4n) is 3.10. The van der Waals surface area contributed by atoms with Crippen LogP contribution in [0.1, 0.15) is 59.8 Å². The molecular weight excluding hydrogens is 296 g/mol. The lowest BCUT2D eigenvalue weighted by Gasteiger charge is -2.44. The first kappa shape index (κ1) is 19.6. The second kappa shape index (κ2) is 9.02. The van der Waals surface area contributed by atoms with Crippen LogP contribution < -0.4 is 10.6 Å². The third-order valence-corrected chi connectivity index (χ3v) is 5.10. The zero-order chi connectivity index (χ0) is 16.6. The Morgan fingerprint density at radius 2 is 2.09 bits per heavy atom. The van der Waals surface area contributed by atoms with Gasteiger partial charge in [-0.2, -0.15) is 11.8 Å². The van der Waals surface area contributed by atoms with Crippen molar-refractivity contribution < 1.29 is 9.53 Å². The Labute approximate surface area is 140 Å². The van der Waals surface area contributed by atoms with Crippen molar-refractivity contribution in [3.8, 4) is 0 Å². The van der Waals surface area contributed by atoms with E-state index in [1.165, 1.54) is 31.4 Å². The minimum absolute atomic E-state index is 0.0214. The molecule has 130 valence electrons. The largest absolute Gasteiger partial charge is 0.444 e. The van der Waals surface area contributed by atoms with Crippen molar-refractivity contribution in [2.24, 2.45) is 5.92 Å². The van der Waals surface area contributed by atoms with Gasteiger partial charge in [0.15, 0.2) is 0 Å². The van der Waals surface area contributed by atoms with Crippen LogP contribution in [0.2, 0.25) is 0 Å². The highest BCUT2D eigenvalue weighted by atomic mass is 32.2. The van der Waals surface area contributed by atoms with E-state index in [-0.39, 0.29) is 11.6 Å². The number of thioether (sulfide) groups is 1. The van der Waals surface area contributed by atoms with E-state index in [1.54, 1.807) is 0 Å². The first-order valence-electron chi connectivity index (χ1n) is 8.50. The molecule has 1 saturated carbocycles. The van der Waals surface area contributed by atoms with Crippen molar-refractivity contribution in [1.29, 1.82) is 0 Å². The average Bonchev–Trinajstić information content (AvgIpc) is 2.42. The summed E-state index contributed by atoms with van der Waals surface area (Å²) in [7, 11) is 0. The second-order valence-electron chi connectivity index (χ2n) is 7.43. The fourth-order valence-corrected chi connectivity index (χ4v) is 3.53. The number of hydrogen-bond acceptors (Lipinski definition) is 4. The Morgan fingerprint density at radius 1 is 1.36 bits per heavy atom. The van der Waals surface area contributed by atoms with Crippen molar-refractivity contribution in [2.45, 2.75) is 70.9 Å². The molecule has 2 unspecified atom stereocenters. The maximum absolute atomic E-state index is 12.0. The van der Waals surface area contributed by atoms with Gasteiger partial charge in [0.25, 0.3) is 0 Å². The lowest BCUT2D eigenvalue weighted by atomic mass is 9.73. The van der Waals surface area contributed by atoms with Crippen LogP contribution in [-0.2, 0) is 4.74 Å². The van der Waals surface area contributed by atoms with E-state index in [0.717, 1.165) is 13.0 Å². The fraction of sp³-hybridized carbons (Fsp3) is 0.941. The highest BCUT2D eigenvalue weighted by molar-refractivity contribution is 7.98. The molecule has 1 fully saturated rings. The molecule has 22 heavy (non-hydrogen) atoms. The van der Waals surface area contributed by atoms with Crippen LogP contribution >= 0.6 is 11.8 Å². The normalized spacial score (nSPS) is 25.8. The number of carbonyl (C=O) groups is 1. The molecule has 2 N–H and O–H groups in total. The van der Waals surface area contributed by atoms with Crippen molar-refractivity contribution in [2.75, 3.05) is 25.1 Å². The highest BCUT2D eigenvalue weighted by Crippen LogP contribution is 2.33. The summed E-state index contributed by atoms with van der Waals surface area (Å²) in [5.41, 5.74) is -0.422. The quantitative estimate of drug-likeness (QED) is 0.697. The molecule has 0 heterocycles. The minimum atomic E-state index is -0.443. The summed E-state index contributed by atoms with van der Waals surface area (Å²) in [6, 6.07) is 0. The van der Waals surface area contributed by atoms with Gasteiger partial charge in [-0.25, -0.2) is 4.79 Å². The van der Waals surface area contributed by atoms with Gasteiger partial charge in [0, 0.05) is 12.1 Å². The number of ether oxygens (including phenoxy) is 1. The Kier molecular flexibility index (Phi) is 8.04. The van der Waals surface area contributed by atoms with Gasteiger partial charge in [-0.05, 0) is 64.5 Å². The lowest BCUT2D eigenvalue weighted by molar-refractivity contribution is 0.0480. The van der Waals surface area contributed by atoms with E-state index in [4.69, 9.17) is 4.74 Å². The maximum atomic E-state index is 12.0. The van der Waals surface area contributed by atoms with Gasteiger partial charge >= 0.3 is 6.09 Å². The summed E-state index contributed by atoms with van der Waals surface area (Å²) in [6.45, 7) is 9.66. The van der Waals surface area contributed by atoms with Crippen molar-refractivity contribution in [3.63, 3.8) is 0 Å². The minimum Gasteiger partial charge on any atom is -0.444 e. The zero-order valence-corrected chi connectivity index (χ0v) is 15.8. The molecule has 1 aliphatic carbocycles. The van der Waals surface area contributed by atoms with Crippen molar-refractivity contribution in [1.82, 2.24) is 10.6 Å². The Morgan fingerprint density at radius 3 is 2.68 bits per heavy atom. The van der Waals surface area contributed by atoms with Gasteiger partial charge in [0.1, 0.15) is 5.60 Å². The third-order valence-electron chi connectivity index (χ3n) is 4.40. The zero-order valence-electron chi connectivity index (χ0n) is 15.0. The van der Waals surface area contributed by atoms with E-state index in [0.29, 0.717) is 12.5 Å². The SMILES string of the molecule is CSCCCNC1(CNC(=O)OC(C)(C)C)CCCCC1C. The number of rotatable bonds is 7. The predicted octanol–water partition coefficient (Wildman–Crippen LogP) is 3.80. The number of amides is 1. The molecule has 0 spiro atoms. The summed E-state index contributed by atoms with van der Waals surface area (Å²) in [5, 5.41) is 6.75. The summed E-state index contributed by atoms with van der Waals surface area (Å²) in [5.74, 6) is 1.75.